The van der Waals surface area contributed by atoms with Crippen LogP contribution in [0.3, 0.4) is 0 Å². The van der Waals surface area contributed by atoms with Crippen LogP contribution in [0.5, 0.6) is 0 Å². The lowest BCUT2D eigenvalue weighted by Crippen LogP contribution is -2.43. The molecule has 1 aromatic carbocycles. The van der Waals surface area contributed by atoms with Gasteiger partial charge in [0.05, 0.1) is 11.5 Å². The number of carbonyl (C=O) groups excluding carboxylic acids is 1. The average molecular weight is 413 g/mol. The Balaban J connectivity index is 1.63. The Morgan fingerprint density at radius 1 is 1.24 bits per heavy atom. The van der Waals surface area contributed by atoms with Crippen LogP contribution in [-0.2, 0) is 17.4 Å². The molecule has 1 fully saturated rings. The van der Waals surface area contributed by atoms with Crippen LogP contribution >= 0.6 is 0 Å². The third-order valence-electron chi connectivity index (χ3n) is 5.06. The predicted molar refractivity (Wildman–Crippen MR) is 107 cm³/mol. The number of halogens is 3. The molecule has 0 bridgehead atoms. The Morgan fingerprint density at radius 3 is 2.55 bits per heavy atom. The lowest BCUT2D eigenvalue weighted by Gasteiger charge is -2.31. The summed E-state index contributed by atoms with van der Waals surface area (Å²) < 4.78 is 37.8. The minimum absolute atomic E-state index is 0.0451. The van der Waals surface area contributed by atoms with E-state index in [0.717, 1.165) is 63.1 Å². The zero-order valence-electron chi connectivity index (χ0n) is 16.8. The Hall–Kier alpha value is -2.29. The Bertz CT molecular complexity index is 676. The fourth-order valence-electron chi connectivity index (χ4n) is 3.41. The Kier molecular flexibility index (Phi) is 8.75. The molecular formula is C20H30F3N5O. The lowest BCUT2D eigenvalue weighted by atomic mass is 9.97. The van der Waals surface area contributed by atoms with Gasteiger partial charge < -0.3 is 21.3 Å². The number of nitrogens with two attached hydrogens (primary N) is 1. The van der Waals surface area contributed by atoms with Gasteiger partial charge in [0.2, 0.25) is 5.91 Å². The maximum absolute atomic E-state index is 12.6. The summed E-state index contributed by atoms with van der Waals surface area (Å²) >= 11 is 0. The second-order valence-corrected chi connectivity index (χ2v) is 7.27. The summed E-state index contributed by atoms with van der Waals surface area (Å²) in [7, 11) is 1.68. The first-order valence-electron chi connectivity index (χ1n) is 9.92. The summed E-state index contributed by atoms with van der Waals surface area (Å²) in [5.74, 6) is 0.396. The van der Waals surface area contributed by atoms with Crippen molar-refractivity contribution in [3.8, 4) is 0 Å². The van der Waals surface area contributed by atoms with Gasteiger partial charge in [0.25, 0.3) is 0 Å². The third kappa shape index (κ3) is 7.92. The zero-order valence-corrected chi connectivity index (χ0v) is 16.8. The number of hydrogen-bond acceptors (Lipinski definition) is 3. The Morgan fingerprint density at radius 2 is 1.93 bits per heavy atom. The predicted octanol–water partition coefficient (Wildman–Crippen LogP) is 2.00. The molecule has 4 N–H and O–H groups in total. The van der Waals surface area contributed by atoms with Crippen LogP contribution in [0.1, 0.15) is 30.4 Å². The van der Waals surface area contributed by atoms with Crippen molar-refractivity contribution < 1.29 is 18.0 Å². The second kappa shape index (κ2) is 11.0. The van der Waals surface area contributed by atoms with Crippen molar-refractivity contribution >= 4 is 11.9 Å². The van der Waals surface area contributed by atoms with Crippen LogP contribution in [0, 0.1) is 5.92 Å². The molecule has 9 heteroatoms. The number of aliphatic imine (C=N–C) groups is 1. The van der Waals surface area contributed by atoms with Crippen LogP contribution in [0.2, 0.25) is 0 Å². The minimum atomic E-state index is -4.31. The first-order valence-corrected chi connectivity index (χ1v) is 9.92. The molecule has 2 rings (SSSR count). The van der Waals surface area contributed by atoms with Gasteiger partial charge in [0.15, 0.2) is 5.96 Å². The van der Waals surface area contributed by atoms with Crippen molar-refractivity contribution in [2.75, 3.05) is 39.8 Å². The van der Waals surface area contributed by atoms with E-state index in [1.165, 1.54) is 12.1 Å². The molecule has 0 aromatic heterocycles. The second-order valence-electron chi connectivity index (χ2n) is 7.27. The van der Waals surface area contributed by atoms with Crippen molar-refractivity contribution in [3.05, 3.63) is 35.4 Å². The maximum atomic E-state index is 12.6. The van der Waals surface area contributed by atoms with E-state index in [0.29, 0.717) is 18.9 Å². The van der Waals surface area contributed by atoms with E-state index in [4.69, 9.17) is 5.73 Å². The van der Waals surface area contributed by atoms with Crippen molar-refractivity contribution in [1.29, 1.82) is 0 Å². The highest BCUT2D eigenvalue weighted by atomic mass is 19.4. The number of piperidine rings is 1. The topological polar surface area (TPSA) is 82.8 Å². The minimum Gasteiger partial charge on any atom is -0.369 e. The van der Waals surface area contributed by atoms with Crippen LogP contribution in [0.15, 0.2) is 29.3 Å². The summed E-state index contributed by atoms with van der Waals surface area (Å²) in [5.41, 5.74) is 5.60. The zero-order chi connectivity index (χ0) is 21.3. The number of likely N-dealkylation sites (tertiary alicyclic amines) is 1. The molecule has 1 unspecified atom stereocenters. The monoisotopic (exact) mass is 413 g/mol. The number of nitrogens with zero attached hydrogens (tertiary/aromatic N) is 2. The largest absolute Gasteiger partial charge is 0.416 e. The van der Waals surface area contributed by atoms with Crippen LogP contribution < -0.4 is 16.4 Å². The van der Waals surface area contributed by atoms with Crippen LogP contribution in [0.4, 0.5) is 13.2 Å². The number of amides is 1. The molecular weight excluding hydrogens is 383 g/mol. The van der Waals surface area contributed by atoms with Crippen LogP contribution in [-0.4, -0.2) is 56.5 Å². The summed E-state index contributed by atoms with van der Waals surface area (Å²) in [4.78, 5) is 17.8. The smallest absolute Gasteiger partial charge is 0.369 e. The van der Waals surface area contributed by atoms with E-state index in [1.54, 1.807) is 7.05 Å². The fourth-order valence-corrected chi connectivity index (χ4v) is 3.41. The van der Waals surface area contributed by atoms with Gasteiger partial charge in [-0.1, -0.05) is 12.1 Å². The number of primary amides is 1. The van der Waals surface area contributed by atoms with Gasteiger partial charge in [0, 0.05) is 26.7 Å². The molecule has 1 aliphatic heterocycles. The molecule has 1 amide bonds. The summed E-state index contributed by atoms with van der Waals surface area (Å²) in [6, 6.07) is 5.20. The van der Waals surface area contributed by atoms with E-state index >= 15 is 0 Å². The van der Waals surface area contributed by atoms with Gasteiger partial charge in [0.1, 0.15) is 0 Å². The highest BCUT2D eigenvalue weighted by molar-refractivity contribution is 5.79. The highest BCUT2D eigenvalue weighted by Gasteiger charge is 2.29. The van der Waals surface area contributed by atoms with E-state index in [-0.39, 0.29) is 11.8 Å². The molecule has 0 aliphatic carbocycles. The summed E-state index contributed by atoms with van der Waals surface area (Å²) in [5, 5.41) is 6.40. The van der Waals surface area contributed by atoms with Gasteiger partial charge in [-0.25, -0.2) is 0 Å². The summed E-state index contributed by atoms with van der Waals surface area (Å²) in [6.45, 7) is 3.91. The van der Waals surface area contributed by atoms with Crippen molar-refractivity contribution in [2.24, 2.45) is 16.6 Å². The van der Waals surface area contributed by atoms with E-state index < -0.39 is 11.7 Å². The first kappa shape index (κ1) is 23.0. The molecule has 162 valence electrons. The average Bonchev–Trinajstić information content (AvgIpc) is 2.69. The molecule has 1 saturated heterocycles. The van der Waals surface area contributed by atoms with Gasteiger partial charge >= 0.3 is 6.18 Å². The van der Waals surface area contributed by atoms with Gasteiger partial charge in [-0.3, -0.25) is 9.79 Å². The highest BCUT2D eigenvalue weighted by Crippen LogP contribution is 2.29. The molecule has 1 atom stereocenters. The molecule has 6 nitrogen and oxygen atoms in total. The molecule has 1 aliphatic rings. The van der Waals surface area contributed by atoms with Gasteiger partial charge in [-0.2, -0.15) is 13.2 Å². The molecule has 0 saturated carbocycles. The van der Waals surface area contributed by atoms with E-state index in [2.05, 4.69) is 20.5 Å². The number of nitrogens with one attached hydrogen (secondary N) is 2. The number of guanidine groups is 1. The maximum Gasteiger partial charge on any atom is 0.416 e. The van der Waals surface area contributed by atoms with Gasteiger partial charge in [-0.05, 0) is 56.5 Å². The molecule has 0 spiro atoms. The lowest BCUT2D eigenvalue weighted by molar-refractivity contribution is -0.137. The van der Waals surface area contributed by atoms with Crippen molar-refractivity contribution in [2.45, 2.75) is 31.9 Å². The van der Waals surface area contributed by atoms with Crippen LogP contribution in [0.25, 0.3) is 0 Å². The molecule has 0 radical (unpaired) electrons. The SMILES string of the molecule is CN=C(NCCCN1CCCC(C(N)=O)C1)NCCc1ccc(C(F)(F)F)cc1. The number of hydrogen-bond donors (Lipinski definition) is 3. The fraction of sp³-hybridized carbons (Fsp3) is 0.600. The normalized spacial score (nSPS) is 18.5. The van der Waals surface area contributed by atoms with Gasteiger partial charge in [-0.15, -0.1) is 0 Å². The quantitative estimate of drug-likeness (QED) is 0.346. The number of benzene rings is 1. The molecule has 1 aromatic rings. The standard InChI is InChI=1S/C20H30F3N5O/c1-25-19(26-10-3-13-28-12-2-4-16(14-28)18(24)29)27-11-9-15-5-7-17(8-6-15)20(21,22)23/h5-8,16H,2-4,9-14H2,1H3,(H2,24,29)(H2,25,26,27). The van der Waals surface area contributed by atoms with Crippen molar-refractivity contribution in [1.82, 2.24) is 15.5 Å². The third-order valence-corrected chi connectivity index (χ3v) is 5.06. The molecule has 1 heterocycles. The summed E-state index contributed by atoms with van der Waals surface area (Å²) in [6.07, 6.45) is -0.933. The van der Waals surface area contributed by atoms with Crippen molar-refractivity contribution in [3.63, 3.8) is 0 Å². The number of rotatable bonds is 8. The number of alkyl halides is 3. The Labute approximate surface area is 169 Å². The van der Waals surface area contributed by atoms with E-state index in [9.17, 15) is 18.0 Å². The number of carbonyl (C=O) groups is 1. The van der Waals surface area contributed by atoms with E-state index in [1.807, 2.05) is 0 Å². The molecule has 29 heavy (non-hydrogen) atoms. The first-order chi connectivity index (χ1) is 13.8.